The zero-order valence-electron chi connectivity index (χ0n) is 12.6. The molecule has 0 aliphatic heterocycles. The van der Waals surface area contributed by atoms with Crippen molar-refractivity contribution in [3.05, 3.63) is 29.8 Å². The molecule has 0 spiro atoms. The Kier molecular flexibility index (Phi) is 6.80. The van der Waals surface area contributed by atoms with E-state index in [9.17, 15) is 13.2 Å². The minimum absolute atomic E-state index is 0.0686. The van der Waals surface area contributed by atoms with Crippen molar-refractivity contribution in [2.45, 2.75) is 31.2 Å². The van der Waals surface area contributed by atoms with Gasteiger partial charge < -0.3 is 10.6 Å². The SMILES string of the molecule is CCCNC(C)c1cccc(S(=O)(=O)NCC(=O)NC)c1. The summed E-state index contributed by atoms with van der Waals surface area (Å²) in [6.45, 7) is 4.66. The third-order valence-electron chi connectivity index (χ3n) is 3.07. The van der Waals surface area contributed by atoms with Crippen LogP contribution in [0.4, 0.5) is 0 Å². The van der Waals surface area contributed by atoms with E-state index in [1.54, 1.807) is 12.1 Å². The van der Waals surface area contributed by atoms with Gasteiger partial charge in [-0.1, -0.05) is 19.1 Å². The van der Waals surface area contributed by atoms with E-state index >= 15 is 0 Å². The average molecular weight is 313 g/mol. The Bertz CT molecular complexity index is 573. The second kappa shape index (κ2) is 8.11. The molecule has 21 heavy (non-hydrogen) atoms. The van der Waals surface area contributed by atoms with Crippen molar-refractivity contribution in [2.75, 3.05) is 20.1 Å². The fourth-order valence-electron chi connectivity index (χ4n) is 1.76. The predicted octanol–water partition coefficient (Wildman–Crippen LogP) is 0.772. The Morgan fingerprint density at radius 1 is 1.33 bits per heavy atom. The maximum Gasteiger partial charge on any atom is 0.241 e. The summed E-state index contributed by atoms with van der Waals surface area (Å²) < 4.78 is 26.5. The van der Waals surface area contributed by atoms with Gasteiger partial charge in [-0.25, -0.2) is 13.1 Å². The van der Waals surface area contributed by atoms with Gasteiger partial charge in [-0.15, -0.1) is 0 Å². The lowest BCUT2D eigenvalue weighted by Gasteiger charge is -2.15. The molecule has 0 aromatic heterocycles. The molecule has 3 N–H and O–H groups in total. The Balaban J connectivity index is 2.85. The minimum Gasteiger partial charge on any atom is -0.358 e. The molecule has 0 aliphatic rings. The third kappa shape index (κ3) is 5.45. The minimum atomic E-state index is -3.68. The van der Waals surface area contributed by atoms with E-state index in [0.29, 0.717) is 0 Å². The first-order valence-electron chi connectivity index (χ1n) is 6.94. The van der Waals surface area contributed by atoms with Gasteiger partial charge in [-0.2, -0.15) is 0 Å². The van der Waals surface area contributed by atoms with E-state index in [0.717, 1.165) is 18.5 Å². The van der Waals surface area contributed by atoms with Crippen LogP contribution in [0.2, 0.25) is 0 Å². The molecule has 0 saturated carbocycles. The van der Waals surface area contributed by atoms with Crippen LogP contribution in [-0.2, 0) is 14.8 Å². The molecule has 1 rings (SSSR count). The molecule has 0 saturated heterocycles. The van der Waals surface area contributed by atoms with E-state index in [1.165, 1.54) is 13.1 Å². The van der Waals surface area contributed by atoms with Gasteiger partial charge >= 0.3 is 0 Å². The van der Waals surface area contributed by atoms with Crippen LogP contribution in [0.3, 0.4) is 0 Å². The smallest absolute Gasteiger partial charge is 0.241 e. The lowest BCUT2D eigenvalue weighted by atomic mass is 10.1. The fraction of sp³-hybridized carbons (Fsp3) is 0.500. The van der Waals surface area contributed by atoms with Crippen molar-refractivity contribution < 1.29 is 13.2 Å². The fourth-order valence-corrected chi connectivity index (χ4v) is 2.80. The summed E-state index contributed by atoms with van der Waals surface area (Å²) in [5, 5.41) is 5.67. The van der Waals surface area contributed by atoms with Crippen LogP contribution < -0.4 is 15.4 Å². The van der Waals surface area contributed by atoms with Crippen LogP contribution in [0.1, 0.15) is 31.9 Å². The average Bonchev–Trinajstić information content (AvgIpc) is 2.50. The number of carbonyl (C=O) groups excluding carboxylic acids is 1. The highest BCUT2D eigenvalue weighted by Crippen LogP contribution is 2.17. The predicted molar refractivity (Wildman–Crippen MR) is 82.4 cm³/mol. The molecule has 1 amide bonds. The molecular formula is C14H23N3O3S. The molecule has 7 heteroatoms. The summed E-state index contributed by atoms with van der Waals surface area (Å²) in [5.41, 5.74) is 0.895. The monoisotopic (exact) mass is 313 g/mol. The second-order valence-electron chi connectivity index (χ2n) is 4.75. The summed E-state index contributed by atoms with van der Waals surface area (Å²) in [6.07, 6.45) is 1.01. The highest BCUT2D eigenvalue weighted by molar-refractivity contribution is 7.89. The molecule has 0 bridgehead atoms. The molecule has 0 heterocycles. The van der Waals surface area contributed by atoms with E-state index in [4.69, 9.17) is 0 Å². The van der Waals surface area contributed by atoms with Crippen LogP contribution in [0.15, 0.2) is 29.2 Å². The van der Waals surface area contributed by atoms with Gasteiger partial charge in [0.15, 0.2) is 0 Å². The Morgan fingerprint density at radius 2 is 2.05 bits per heavy atom. The van der Waals surface area contributed by atoms with Gasteiger partial charge in [0.1, 0.15) is 0 Å². The van der Waals surface area contributed by atoms with E-state index in [-0.39, 0.29) is 23.4 Å². The van der Waals surface area contributed by atoms with Crippen LogP contribution in [0, 0.1) is 0 Å². The molecule has 1 atom stereocenters. The van der Waals surface area contributed by atoms with Crippen molar-refractivity contribution in [1.29, 1.82) is 0 Å². The number of carbonyl (C=O) groups is 1. The molecule has 0 radical (unpaired) electrons. The van der Waals surface area contributed by atoms with E-state index < -0.39 is 10.0 Å². The first-order chi connectivity index (χ1) is 9.90. The number of hydrogen-bond acceptors (Lipinski definition) is 4. The highest BCUT2D eigenvalue weighted by Gasteiger charge is 2.16. The highest BCUT2D eigenvalue weighted by atomic mass is 32.2. The van der Waals surface area contributed by atoms with Crippen molar-refractivity contribution in [3.63, 3.8) is 0 Å². The summed E-state index contributed by atoms with van der Waals surface area (Å²) in [6, 6.07) is 6.79. The Hall–Kier alpha value is -1.44. The van der Waals surface area contributed by atoms with Gasteiger partial charge in [-0.05, 0) is 37.6 Å². The molecule has 118 valence electrons. The topological polar surface area (TPSA) is 87.3 Å². The standard InChI is InChI=1S/C14H23N3O3S/c1-4-8-16-11(2)12-6-5-7-13(9-12)21(19,20)17-10-14(18)15-3/h5-7,9,11,16-17H,4,8,10H2,1-3H3,(H,15,18). The Labute approximate surface area is 126 Å². The zero-order chi connectivity index (χ0) is 15.9. The Morgan fingerprint density at radius 3 is 2.67 bits per heavy atom. The molecule has 0 aliphatic carbocycles. The zero-order valence-corrected chi connectivity index (χ0v) is 13.5. The van der Waals surface area contributed by atoms with Crippen molar-refractivity contribution >= 4 is 15.9 Å². The first kappa shape index (κ1) is 17.6. The molecule has 1 unspecified atom stereocenters. The van der Waals surface area contributed by atoms with Crippen molar-refractivity contribution in [3.8, 4) is 0 Å². The largest absolute Gasteiger partial charge is 0.358 e. The summed E-state index contributed by atoms with van der Waals surface area (Å²) in [5.74, 6) is -0.382. The van der Waals surface area contributed by atoms with Gasteiger partial charge in [0, 0.05) is 13.1 Å². The number of hydrogen-bond donors (Lipinski definition) is 3. The second-order valence-corrected chi connectivity index (χ2v) is 6.51. The molecule has 0 fully saturated rings. The number of sulfonamides is 1. The van der Waals surface area contributed by atoms with Crippen molar-refractivity contribution in [2.24, 2.45) is 0 Å². The molecule has 1 aromatic rings. The number of rotatable bonds is 8. The summed E-state index contributed by atoms with van der Waals surface area (Å²) in [7, 11) is -2.22. The maximum absolute atomic E-state index is 12.1. The van der Waals surface area contributed by atoms with Gasteiger partial charge in [-0.3, -0.25) is 4.79 Å². The lowest BCUT2D eigenvalue weighted by Crippen LogP contribution is -2.35. The van der Waals surface area contributed by atoms with Crippen molar-refractivity contribution in [1.82, 2.24) is 15.4 Å². The summed E-state index contributed by atoms with van der Waals surface area (Å²) in [4.78, 5) is 11.3. The normalized spacial score (nSPS) is 12.9. The van der Waals surface area contributed by atoms with Crippen LogP contribution >= 0.6 is 0 Å². The number of amides is 1. The van der Waals surface area contributed by atoms with Crippen LogP contribution in [-0.4, -0.2) is 34.5 Å². The maximum atomic E-state index is 12.1. The van der Waals surface area contributed by atoms with Gasteiger partial charge in [0.05, 0.1) is 11.4 Å². The quantitative estimate of drug-likeness (QED) is 0.661. The number of benzene rings is 1. The first-order valence-corrected chi connectivity index (χ1v) is 8.42. The summed E-state index contributed by atoms with van der Waals surface area (Å²) >= 11 is 0. The molecule has 6 nitrogen and oxygen atoms in total. The van der Waals surface area contributed by atoms with E-state index in [1.807, 2.05) is 13.0 Å². The molecule has 1 aromatic carbocycles. The van der Waals surface area contributed by atoms with Gasteiger partial charge in [0.2, 0.25) is 15.9 Å². The van der Waals surface area contributed by atoms with Crippen LogP contribution in [0.5, 0.6) is 0 Å². The number of nitrogens with one attached hydrogen (secondary N) is 3. The lowest BCUT2D eigenvalue weighted by molar-refractivity contribution is -0.119. The van der Waals surface area contributed by atoms with E-state index in [2.05, 4.69) is 22.3 Å². The third-order valence-corrected chi connectivity index (χ3v) is 4.47. The van der Waals surface area contributed by atoms with Gasteiger partial charge in [0.25, 0.3) is 0 Å². The number of likely N-dealkylation sites (N-methyl/N-ethyl adjacent to an activating group) is 1. The van der Waals surface area contributed by atoms with Crippen LogP contribution in [0.25, 0.3) is 0 Å². The molecular weight excluding hydrogens is 290 g/mol.